The Bertz CT molecular complexity index is 328. The summed E-state index contributed by atoms with van der Waals surface area (Å²) in [5.41, 5.74) is 1.51. The largest absolute Gasteiger partial charge is 0.313 e. The number of hydrogen-bond donors (Lipinski definition) is 1. The molecule has 0 spiro atoms. The van der Waals surface area contributed by atoms with Crippen LogP contribution in [-0.2, 0) is 13.5 Å². The average Bonchev–Trinajstić information content (AvgIpc) is 2.62. The van der Waals surface area contributed by atoms with E-state index in [-0.39, 0.29) is 5.41 Å². The number of aromatic nitrogens is 2. The van der Waals surface area contributed by atoms with Crippen molar-refractivity contribution in [2.75, 3.05) is 12.4 Å². The zero-order valence-electron chi connectivity index (χ0n) is 11.3. The molecule has 1 unspecified atom stereocenters. The van der Waals surface area contributed by atoms with Crippen LogP contribution in [0.2, 0.25) is 0 Å². The fraction of sp³-hybridized carbons (Fsp3) is 0.769. The minimum atomic E-state index is 0.251. The van der Waals surface area contributed by atoms with Crippen LogP contribution in [0.25, 0.3) is 0 Å². The lowest BCUT2D eigenvalue weighted by molar-refractivity contribution is 0.263. The molecule has 0 saturated heterocycles. The summed E-state index contributed by atoms with van der Waals surface area (Å²) < 4.78 is 1.93. The Balaban J connectivity index is 2.40. The summed E-state index contributed by atoms with van der Waals surface area (Å²) >= 11 is 5.85. The number of nitrogens with zero attached hydrogens (tertiary/aromatic N) is 2. The van der Waals surface area contributed by atoms with E-state index < -0.39 is 0 Å². The Labute approximate surface area is 110 Å². The summed E-state index contributed by atoms with van der Waals surface area (Å²) in [6.07, 6.45) is 3.86. The van der Waals surface area contributed by atoms with E-state index in [1.165, 1.54) is 5.69 Å². The van der Waals surface area contributed by atoms with Gasteiger partial charge in [0.2, 0.25) is 0 Å². The molecule has 0 aliphatic rings. The molecule has 4 heteroatoms. The predicted octanol–water partition coefficient (Wildman–Crippen LogP) is 2.60. The van der Waals surface area contributed by atoms with Crippen molar-refractivity contribution in [2.24, 2.45) is 12.5 Å². The van der Waals surface area contributed by atoms with E-state index in [0.29, 0.717) is 11.9 Å². The van der Waals surface area contributed by atoms with Crippen LogP contribution in [-0.4, -0.2) is 28.2 Å². The van der Waals surface area contributed by atoms with Crippen molar-refractivity contribution in [1.82, 2.24) is 15.1 Å². The molecule has 1 atom stereocenters. The van der Waals surface area contributed by atoms with Crippen LogP contribution in [0.5, 0.6) is 0 Å². The van der Waals surface area contributed by atoms with Crippen LogP contribution in [0.15, 0.2) is 12.3 Å². The first-order chi connectivity index (χ1) is 7.95. The number of nitrogens with one attached hydrogen (secondary N) is 1. The molecule has 1 aromatic rings. The molecule has 0 fully saturated rings. The first-order valence-electron chi connectivity index (χ1n) is 6.21. The molecule has 0 aliphatic heterocycles. The second-order valence-electron chi connectivity index (χ2n) is 5.55. The second-order valence-corrected chi connectivity index (χ2v) is 5.92. The minimum absolute atomic E-state index is 0.251. The molecule has 0 radical (unpaired) electrons. The van der Waals surface area contributed by atoms with E-state index in [0.717, 1.165) is 19.4 Å². The van der Waals surface area contributed by atoms with Gasteiger partial charge in [0.25, 0.3) is 0 Å². The Hall–Kier alpha value is -0.540. The van der Waals surface area contributed by atoms with E-state index >= 15 is 0 Å². The van der Waals surface area contributed by atoms with Crippen molar-refractivity contribution in [3.63, 3.8) is 0 Å². The molecule has 1 aromatic heterocycles. The van der Waals surface area contributed by atoms with Crippen molar-refractivity contribution >= 4 is 11.6 Å². The highest BCUT2D eigenvalue weighted by Crippen LogP contribution is 2.22. The second kappa shape index (κ2) is 6.41. The highest BCUT2D eigenvalue weighted by atomic mass is 35.5. The molecule has 1 N–H and O–H groups in total. The summed E-state index contributed by atoms with van der Waals surface area (Å²) in [6.45, 7) is 7.72. The van der Waals surface area contributed by atoms with Crippen molar-refractivity contribution in [3.05, 3.63) is 18.0 Å². The lowest BCUT2D eigenvalue weighted by Gasteiger charge is -2.31. The summed E-state index contributed by atoms with van der Waals surface area (Å²) in [4.78, 5) is 0. The quantitative estimate of drug-likeness (QED) is 0.794. The summed E-state index contributed by atoms with van der Waals surface area (Å²) in [5, 5.41) is 7.77. The normalized spacial score (nSPS) is 13.9. The summed E-state index contributed by atoms with van der Waals surface area (Å²) in [5.74, 6) is 0.709. The highest BCUT2D eigenvalue weighted by molar-refractivity contribution is 6.17. The summed E-state index contributed by atoms with van der Waals surface area (Å²) in [6, 6.07) is 2.53. The minimum Gasteiger partial charge on any atom is -0.313 e. The maximum Gasteiger partial charge on any atom is 0.0492 e. The van der Waals surface area contributed by atoms with Crippen LogP contribution in [0.4, 0.5) is 0 Å². The predicted molar refractivity (Wildman–Crippen MR) is 73.5 cm³/mol. The van der Waals surface area contributed by atoms with Crippen LogP contribution in [0, 0.1) is 5.41 Å². The number of alkyl halides is 1. The first-order valence-corrected chi connectivity index (χ1v) is 6.75. The SMILES string of the molecule is Cn1nccc1CCNC(CCCl)C(C)(C)C. The molecule has 0 aliphatic carbocycles. The van der Waals surface area contributed by atoms with Gasteiger partial charge in [-0.15, -0.1) is 11.6 Å². The van der Waals surface area contributed by atoms with Crippen LogP contribution in [0.3, 0.4) is 0 Å². The third kappa shape index (κ3) is 4.68. The van der Waals surface area contributed by atoms with Gasteiger partial charge in [-0.05, 0) is 17.9 Å². The van der Waals surface area contributed by atoms with E-state index in [4.69, 9.17) is 11.6 Å². The van der Waals surface area contributed by atoms with Gasteiger partial charge in [0.15, 0.2) is 0 Å². The third-order valence-electron chi connectivity index (χ3n) is 3.14. The Morgan fingerprint density at radius 2 is 2.18 bits per heavy atom. The molecular weight excluding hydrogens is 234 g/mol. The molecule has 0 amide bonds. The van der Waals surface area contributed by atoms with Gasteiger partial charge in [0.1, 0.15) is 0 Å². The van der Waals surface area contributed by atoms with Crippen LogP contribution < -0.4 is 5.32 Å². The third-order valence-corrected chi connectivity index (χ3v) is 3.36. The summed E-state index contributed by atoms with van der Waals surface area (Å²) in [7, 11) is 1.98. The maximum absolute atomic E-state index is 5.85. The fourth-order valence-electron chi connectivity index (χ4n) is 1.97. The van der Waals surface area contributed by atoms with Gasteiger partial charge in [-0.25, -0.2) is 0 Å². The monoisotopic (exact) mass is 257 g/mol. The lowest BCUT2D eigenvalue weighted by Crippen LogP contribution is -2.41. The van der Waals surface area contributed by atoms with Crippen LogP contribution >= 0.6 is 11.6 Å². The van der Waals surface area contributed by atoms with Gasteiger partial charge < -0.3 is 5.32 Å². The zero-order chi connectivity index (χ0) is 12.9. The van der Waals surface area contributed by atoms with E-state index in [2.05, 4.69) is 37.3 Å². The van der Waals surface area contributed by atoms with Gasteiger partial charge in [-0.3, -0.25) is 4.68 Å². The zero-order valence-corrected chi connectivity index (χ0v) is 12.1. The molecular formula is C13H24ClN3. The Morgan fingerprint density at radius 3 is 2.65 bits per heavy atom. The Morgan fingerprint density at radius 1 is 1.47 bits per heavy atom. The standard InChI is InChI=1S/C13H24ClN3/c1-13(2,3)12(5-8-14)15-9-6-11-7-10-16-17(11)4/h7,10,12,15H,5-6,8-9H2,1-4H3. The van der Waals surface area contributed by atoms with Crippen LogP contribution in [0.1, 0.15) is 32.9 Å². The molecule has 0 bridgehead atoms. The smallest absolute Gasteiger partial charge is 0.0492 e. The van der Waals surface area contributed by atoms with Crippen molar-refractivity contribution in [2.45, 2.75) is 39.7 Å². The van der Waals surface area contributed by atoms with Crippen molar-refractivity contribution in [1.29, 1.82) is 0 Å². The molecule has 17 heavy (non-hydrogen) atoms. The molecule has 0 saturated carbocycles. The van der Waals surface area contributed by atoms with E-state index in [1.807, 2.05) is 17.9 Å². The van der Waals surface area contributed by atoms with E-state index in [1.54, 1.807) is 0 Å². The van der Waals surface area contributed by atoms with Crippen molar-refractivity contribution < 1.29 is 0 Å². The average molecular weight is 258 g/mol. The molecule has 98 valence electrons. The Kier molecular flexibility index (Phi) is 5.47. The van der Waals surface area contributed by atoms with Gasteiger partial charge in [0, 0.05) is 43.8 Å². The number of aryl methyl sites for hydroxylation is 1. The molecule has 0 aromatic carbocycles. The van der Waals surface area contributed by atoms with E-state index in [9.17, 15) is 0 Å². The first kappa shape index (κ1) is 14.5. The molecule has 3 nitrogen and oxygen atoms in total. The number of hydrogen-bond acceptors (Lipinski definition) is 2. The van der Waals surface area contributed by atoms with Crippen molar-refractivity contribution in [3.8, 4) is 0 Å². The highest BCUT2D eigenvalue weighted by Gasteiger charge is 2.23. The van der Waals surface area contributed by atoms with Gasteiger partial charge >= 0.3 is 0 Å². The number of rotatable bonds is 6. The molecule has 1 rings (SSSR count). The lowest BCUT2D eigenvalue weighted by atomic mass is 9.85. The fourth-order valence-corrected chi connectivity index (χ4v) is 2.19. The topological polar surface area (TPSA) is 29.9 Å². The molecule has 1 heterocycles. The van der Waals surface area contributed by atoms with Gasteiger partial charge in [0.05, 0.1) is 0 Å². The van der Waals surface area contributed by atoms with Gasteiger partial charge in [-0.1, -0.05) is 20.8 Å². The number of halogens is 1. The maximum atomic E-state index is 5.85. The van der Waals surface area contributed by atoms with Gasteiger partial charge in [-0.2, -0.15) is 5.10 Å².